The normalized spacial score (nSPS) is 16.3. The fourth-order valence-electron chi connectivity index (χ4n) is 2.89. The van der Waals surface area contributed by atoms with Crippen LogP contribution in [0, 0.1) is 6.92 Å². The van der Waals surface area contributed by atoms with E-state index < -0.39 is 6.04 Å². The molecular formula is C19H21N3O2. The van der Waals surface area contributed by atoms with Crippen molar-refractivity contribution in [3.63, 3.8) is 0 Å². The van der Waals surface area contributed by atoms with Gasteiger partial charge < -0.3 is 10.6 Å². The maximum Gasteiger partial charge on any atom is 0.246 e. The Bertz CT molecular complexity index is 713. The van der Waals surface area contributed by atoms with E-state index in [9.17, 15) is 9.59 Å². The zero-order valence-electron chi connectivity index (χ0n) is 13.7. The Morgan fingerprint density at radius 2 is 1.83 bits per heavy atom. The largest absolute Gasteiger partial charge is 0.354 e. The molecule has 2 aromatic rings. The number of piperazine rings is 1. The summed E-state index contributed by atoms with van der Waals surface area (Å²) in [6.07, 6.45) is 0. The van der Waals surface area contributed by atoms with E-state index >= 15 is 0 Å². The molecule has 5 nitrogen and oxygen atoms in total. The van der Waals surface area contributed by atoms with Crippen LogP contribution in [0.2, 0.25) is 0 Å². The van der Waals surface area contributed by atoms with E-state index in [0.717, 1.165) is 16.8 Å². The number of carbonyl (C=O) groups excluding carboxylic acids is 2. The van der Waals surface area contributed by atoms with Gasteiger partial charge in [0.2, 0.25) is 11.8 Å². The van der Waals surface area contributed by atoms with Gasteiger partial charge in [-0.2, -0.15) is 0 Å². The zero-order chi connectivity index (χ0) is 16.9. The number of aryl methyl sites for hydroxylation is 1. The fourth-order valence-corrected chi connectivity index (χ4v) is 2.89. The van der Waals surface area contributed by atoms with Gasteiger partial charge in [0.05, 0.1) is 6.54 Å². The van der Waals surface area contributed by atoms with E-state index in [2.05, 4.69) is 10.6 Å². The van der Waals surface area contributed by atoms with Gasteiger partial charge in [-0.3, -0.25) is 14.5 Å². The Balaban J connectivity index is 1.84. The van der Waals surface area contributed by atoms with Crippen LogP contribution in [0.25, 0.3) is 0 Å². The number of nitrogens with one attached hydrogen (secondary N) is 2. The van der Waals surface area contributed by atoms with Crippen LogP contribution in [0.3, 0.4) is 0 Å². The SMILES string of the molecule is Cc1ccc(NC(=O)[C@@H](c2ccccc2)N2CCNC(=O)C2)cc1. The first-order chi connectivity index (χ1) is 11.6. The van der Waals surface area contributed by atoms with E-state index in [4.69, 9.17) is 0 Å². The first-order valence-corrected chi connectivity index (χ1v) is 8.07. The van der Waals surface area contributed by atoms with E-state index in [0.29, 0.717) is 13.1 Å². The lowest BCUT2D eigenvalue weighted by Crippen LogP contribution is -2.51. The highest BCUT2D eigenvalue weighted by Crippen LogP contribution is 2.23. The summed E-state index contributed by atoms with van der Waals surface area (Å²) in [4.78, 5) is 26.6. The molecule has 2 aromatic carbocycles. The Hall–Kier alpha value is -2.66. The van der Waals surface area contributed by atoms with Crippen LogP contribution >= 0.6 is 0 Å². The first-order valence-electron chi connectivity index (χ1n) is 8.07. The Kier molecular flexibility index (Phi) is 4.91. The van der Waals surface area contributed by atoms with Crippen molar-refractivity contribution >= 4 is 17.5 Å². The van der Waals surface area contributed by atoms with Gasteiger partial charge in [0.25, 0.3) is 0 Å². The van der Waals surface area contributed by atoms with Crippen molar-refractivity contribution in [3.8, 4) is 0 Å². The van der Waals surface area contributed by atoms with Crippen LogP contribution in [0.15, 0.2) is 54.6 Å². The Labute approximate surface area is 141 Å². The second-order valence-corrected chi connectivity index (χ2v) is 5.99. The third kappa shape index (κ3) is 3.81. The molecule has 1 atom stereocenters. The van der Waals surface area contributed by atoms with E-state index in [-0.39, 0.29) is 18.4 Å². The van der Waals surface area contributed by atoms with Gasteiger partial charge in [0.1, 0.15) is 6.04 Å². The summed E-state index contributed by atoms with van der Waals surface area (Å²) in [6.45, 7) is 3.43. The molecule has 0 aromatic heterocycles. The summed E-state index contributed by atoms with van der Waals surface area (Å²) in [5.74, 6) is -0.176. The number of carbonyl (C=O) groups is 2. The molecule has 24 heavy (non-hydrogen) atoms. The summed E-state index contributed by atoms with van der Waals surface area (Å²) in [7, 11) is 0. The number of rotatable bonds is 4. The standard InChI is InChI=1S/C19H21N3O2/c1-14-7-9-16(10-8-14)21-19(24)18(15-5-3-2-4-6-15)22-12-11-20-17(23)13-22/h2-10,18H,11-13H2,1H3,(H,20,23)(H,21,24)/t18-/m1/s1. The van der Waals surface area contributed by atoms with Crippen LogP contribution in [-0.2, 0) is 9.59 Å². The molecule has 1 aliphatic heterocycles. The van der Waals surface area contributed by atoms with Gasteiger partial charge in [-0.1, -0.05) is 48.0 Å². The van der Waals surface area contributed by atoms with Gasteiger partial charge in [-0.05, 0) is 24.6 Å². The average molecular weight is 323 g/mol. The molecule has 0 unspecified atom stereocenters. The molecule has 0 aliphatic carbocycles. The molecule has 1 aliphatic rings. The molecule has 2 amide bonds. The van der Waals surface area contributed by atoms with Crippen LogP contribution < -0.4 is 10.6 Å². The Morgan fingerprint density at radius 3 is 2.50 bits per heavy atom. The molecule has 5 heteroatoms. The lowest BCUT2D eigenvalue weighted by molar-refractivity contribution is -0.128. The number of hydrogen-bond acceptors (Lipinski definition) is 3. The van der Waals surface area contributed by atoms with E-state index in [1.165, 1.54) is 0 Å². The number of hydrogen-bond donors (Lipinski definition) is 2. The molecule has 124 valence electrons. The minimum Gasteiger partial charge on any atom is -0.354 e. The number of benzene rings is 2. The molecule has 1 fully saturated rings. The van der Waals surface area contributed by atoms with Crippen molar-refractivity contribution in [1.82, 2.24) is 10.2 Å². The van der Waals surface area contributed by atoms with Crippen molar-refractivity contribution in [3.05, 3.63) is 65.7 Å². The minimum absolute atomic E-state index is 0.0506. The molecule has 0 spiro atoms. The second-order valence-electron chi connectivity index (χ2n) is 5.99. The maximum atomic E-state index is 12.9. The van der Waals surface area contributed by atoms with Crippen LogP contribution in [0.1, 0.15) is 17.2 Å². The number of amides is 2. The van der Waals surface area contributed by atoms with Crippen molar-refractivity contribution in [2.24, 2.45) is 0 Å². The molecule has 2 N–H and O–H groups in total. The topological polar surface area (TPSA) is 61.4 Å². The zero-order valence-corrected chi connectivity index (χ0v) is 13.7. The molecule has 0 bridgehead atoms. The smallest absolute Gasteiger partial charge is 0.246 e. The fraction of sp³-hybridized carbons (Fsp3) is 0.263. The van der Waals surface area contributed by atoms with Crippen molar-refractivity contribution in [2.45, 2.75) is 13.0 Å². The monoisotopic (exact) mass is 323 g/mol. The Morgan fingerprint density at radius 1 is 1.12 bits per heavy atom. The summed E-state index contributed by atoms with van der Waals surface area (Å²) >= 11 is 0. The van der Waals surface area contributed by atoms with E-state index in [1.807, 2.05) is 66.4 Å². The van der Waals surface area contributed by atoms with Gasteiger partial charge in [-0.15, -0.1) is 0 Å². The highest BCUT2D eigenvalue weighted by molar-refractivity contribution is 5.96. The first kappa shape index (κ1) is 16.2. The summed E-state index contributed by atoms with van der Waals surface area (Å²) < 4.78 is 0. The molecular weight excluding hydrogens is 302 g/mol. The highest BCUT2D eigenvalue weighted by atomic mass is 16.2. The molecule has 1 heterocycles. The third-order valence-electron chi connectivity index (χ3n) is 4.12. The molecule has 3 rings (SSSR count). The average Bonchev–Trinajstić information content (AvgIpc) is 2.58. The molecule has 1 saturated heterocycles. The third-order valence-corrected chi connectivity index (χ3v) is 4.12. The summed E-state index contributed by atoms with van der Waals surface area (Å²) in [6, 6.07) is 16.8. The second kappa shape index (κ2) is 7.27. The van der Waals surface area contributed by atoms with Crippen molar-refractivity contribution in [1.29, 1.82) is 0 Å². The van der Waals surface area contributed by atoms with Crippen molar-refractivity contribution in [2.75, 3.05) is 25.0 Å². The van der Waals surface area contributed by atoms with Crippen molar-refractivity contribution < 1.29 is 9.59 Å². The lowest BCUT2D eigenvalue weighted by Gasteiger charge is -2.33. The molecule has 0 saturated carbocycles. The maximum absolute atomic E-state index is 12.9. The van der Waals surface area contributed by atoms with Crippen LogP contribution in [-0.4, -0.2) is 36.3 Å². The minimum atomic E-state index is -0.487. The van der Waals surface area contributed by atoms with Gasteiger partial charge >= 0.3 is 0 Å². The summed E-state index contributed by atoms with van der Waals surface area (Å²) in [5.41, 5.74) is 2.78. The lowest BCUT2D eigenvalue weighted by atomic mass is 10.0. The number of nitrogens with zero attached hydrogens (tertiary/aromatic N) is 1. The predicted molar refractivity (Wildman–Crippen MR) is 93.6 cm³/mol. The predicted octanol–water partition coefficient (Wildman–Crippen LogP) is 2.11. The molecule has 0 radical (unpaired) electrons. The van der Waals surface area contributed by atoms with Gasteiger partial charge in [-0.25, -0.2) is 0 Å². The van der Waals surface area contributed by atoms with Gasteiger partial charge in [0.15, 0.2) is 0 Å². The summed E-state index contributed by atoms with van der Waals surface area (Å²) in [5, 5.41) is 5.77. The highest BCUT2D eigenvalue weighted by Gasteiger charge is 2.31. The van der Waals surface area contributed by atoms with E-state index in [1.54, 1.807) is 0 Å². The van der Waals surface area contributed by atoms with Crippen LogP contribution in [0.4, 0.5) is 5.69 Å². The quantitative estimate of drug-likeness (QED) is 0.906. The van der Waals surface area contributed by atoms with Gasteiger partial charge in [0, 0.05) is 18.8 Å². The number of anilines is 1. The van der Waals surface area contributed by atoms with Crippen LogP contribution in [0.5, 0.6) is 0 Å².